The number of pyridine rings is 1. The Bertz CT molecular complexity index is 342. The van der Waals surface area contributed by atoms with Crippen LogP contribution in [-0.4, -0.2) is 4.98 Å². The van der Waals surface area contributed by atoms with Crippen molar-refractivity contribution in [1.29, 1.82) is 0 Å². The van der Waals surface area contributed by atoms with Crippen LogP contribution in [0.15, 0.2) is 12.3 Å². The molecule has 0 atom stereocenters. The summed E-state index contributed by atoms with van der Waals surface area (Å²) in [5.74, 6) is 0.419. The predicted molar refractivity (Wildman–Crippen MR) is 52.5 cm³/mol. The van der Waals surface area contributed by atoms with Gasteiger partial charge in [-0.25, -0.2) is 0 Å². The van der Waals surface area contributed by atoms with Gasteiger partial charge in [0.15, 0.2) is 0 Å². The van der Waals surface area contributed by atoms with Crippen molar-refractivity contribution in [3.63, 3.8) is 0 Å². The monoisotopic (exact) mass is 217 g/mol. The molecule has 0 saturated heterocycles. The van der Waals surface area contributed by atoms with E-state index in [0.717, 1.165) is 18.1 Å². The Morgan fingerprint density at radius 3 is 2.33 bits per heavy atom. The molecule has 0 aliphatic heterocycles. The van der Waals surface area contributed by atoms with Crippen molar-refractivity contribution in [3.8, 4) is 0 Å². The summed E-state index contributed by atoms with van der Waals surface area (Å²) >= 11 is 0. The highest BCUT2D eigenvalue weighted by Crippen LogP contribution is 2.28. The maximum absolute atomic E-state index is 12.3. The van der Waals surface area contributed by atoms with Crippen molar-refractivity contribution in [2.45, 2.75) is 33.4 Å². The van der Waals surface area contributed by atoms with Crippen LogP contribution in [0.4, 0.5) is 13.2 Å². The smallest absolute Gasteiger partial charge is 0.251 e. The molecule has 84 valence electrons. The minimum absolute atomic E-state index is 0.419. The van der Waals surface area contributed by atoms with Crippen LogP contribution in [0.3, 0.4) is 0 Å². The number of rotatable bonds is 2. The van der Waals surface area contributed by atoms with Crippen LogP contribution in [0.2, 0.25) is 0 Å². The molecule has 0 N–H and O–H groups in total. The maximum Gasteiger partial charge on any atom is 0.433 e. The summed E-state index contributed by atoms with van der Waals surface area (Å²) in [6.45, 7) is 5.74. The van der Waals surface area contributed by atoms with Crippen LogP contribution in [0.5, 0.6) is 0 Å². The zero-order valence-electron chi connectivity index (χ0n) is 9.02. The fourth-order valence-corrected chi connectivity index (χ4v) is 1.39. The van der Waals surface area contributed by atoms with Crippen LogP contribution >= 0.6 is 0 Å². The van der Waals surface area contributed by atoms with Crippen LogP contribution in [0.1, 0.15) is 30.7 Å². The molecule has 0 aromatic carbocycles. The summed E-state index contributed by atoms with van der Waals surface area (Å²) in [7, 11) is 0. The first-order valence-electron chi connectivity index (χ1n) is 4.83. The lowest BCUT2D eigenvalue weighted by Crippen LogP contribution is -2.09. The summed E-state index contributed by atoms with van der Waals surface area (Å²) in [6.07, 6.45) is -2.25. The van der Waals surface area contributed by atoms with E-state index in [0.29, 0.717) is 11.5 Å². The van der Waals surface area contributed by atoms with Gasteiger partial charge in [0, 0.05) is 6.20 Å². The van der Waals surface area contributed by atoms with Gasteiger partial charge in [-0.3, -0.25) is 4.98 Å². The summed E-state index contributed by atoms with van der Waals surface area (Å²) in [4.78, 5) is 3.44. The minimum atomic E-state index is -4.35. The summed E-state index contributed by atoms with van der Waals surface area (Å²) in [5, 5.41) is 0. The SMILES string of the molecule is Cc1cc(C(F)(F)F)ncc1CC(C)C. The second-order valence-corrected chi connectivity index (χ2v) is 4.09. The van der Waals surface area contributed by atoms with E-state index in [9.17, 15) is 13.2 Å². The van der Waals surface area contributed by atoms with E-state index < -0.39 is 11.9 Å². The maximum atomic E-state index is 12.3. The first kappa shape index (κ1) is 12.0. The van der Waals surface area contributed by atoms with Gasteiger partial charge in [-0.05, 0) is 36.5 Å². The molecule has 1 rings (SSSR count). The van der Waals surface area contributed by atoms with Gasteiger partial charge in [0.25, 0.3) is 0 Å². The number of aromatic nitrogens is 1. The highest BCUT2D eigenvalue weighted by molar-refractivity contribution is 5.26. The molecule has 1 aromatic heterocycles. The lowest BCUT2D eigenvalue weighted by molar-refractivity contribution is -0.141. The molecule has 4 heteroatoms. The van der Waals surface area contributed by atoms with Gasteiger partial charge >= 0.3 is 6.18 Å². The topological polar surface area (TPSA) is 12.9 Å². The first-order valence-corrected chi connectivity index (χ1v) is 4.83. The van der Waals surface area contributed by atoms with Gasteiger partial charge < -0.3 is 0 Å². The summed E-state index contributed by atoms with van der Waals surface area (Å²) in [5.41, 5.74) is 0.733. The van der Waals surface area contributed by atoms with E-state index in [1.807, 2.05) is 13.8 Å². The highest BCUT2D eigenvalue weighted by atomic mass is 19.4. The van der Waals surface area contributed by atoms with Gasteiger partial charge in [-0.1, -0.05) is 13.8 Å². The molecule has 0 fully saturated rings. The van der Waals surface area contributed by atoms with Gasteiger partial charge in [0.05, 0.1) is 0 Å². The second-order valence-electron chi connectivity index (χ2n) is 4.09. The Labute approximate surface area is 87.3 Å². The molecule has 15 heavy (non-hydrogen) atoms. The van der Waals surface area contributed by atoms with Crippen LogP contribution in [0.25, 0.3) is 0 Å². The Kier molecular flexibility index (Phi) is 3.37. The van der Waals surface area contributed by atoms with Crippen LogP contribution in [0, 0.1) is 12.8 Å². The highest BCUT2D eigenvalue weighted by Gasteiger charge is 2.32. The lowest BCUT2D eigenvalue weighted by Gasteiger charge is -2.11. The number of hydrogen-bond donors (Lipinski definition) is 0. The normalized spacial score (nSPS) is 12.2. The average molecular weight is 217 g/mol. The number of hydrogen-bond acceptors (Lipinski definition) is 1. The third-order valence-electron chi connectivity index (χ3n) is 2.14. The van der Waals surface area contributed by atoms with Crippen molar-refractivity contribution >= 4 is 0 Å². The van der Waals surface area contributed by atoms with Crippen LogP contribution in [-0.2, 0) is 12.6 Å². The van der Waals surface area contributed by atoms with Gasteiger partial charge in [-0.2, -0.15) is 13.2 Å². The van der Waals surface area contributed by atoms with E-state index >= 15 is 0 Å². The third kappa shape index (κ3) is 3.22. The molecule has 1 nitrogen and oxygen atoms in total. The number of halogens is 3. The molecule has 0 spiro atoms. The Balaban J connectivity index is 2.98. The molecule has 0 bridgehead atoms. The fourth-order valence-electron chi connectivity index (χ4n) is 1.39. The minimum Gasteiger partial charge on any atom is -0.251 e. The molecular weight excluding hydrogens is 203 g/mol. The number of nitrogens with zero attached hydrogens (tertiary/aromatic N) is 1. The zero-order valence-corrected chi connectivity index (χ0v) is 9.02. The number of aryl methyl sites for hydroxylation is 1. The van der Waals surface area contributed by atoms with Gasteiger partial charge in [-0.15, -0.1) is 0 Å². The van der Waals surface area contributed by atoms with Crippen LogP contribution < -0.4 is 0 Å². The van der Waals surface area contributed by atoms with E-state index in [1.54, 1.807) is 6.92 Å². The van der Waals surface area contributed by atoms with Crippen molar-refractivity contribution in [2.24, 2.45) is 5.92 Å². The lowest BCUT2D eigenvalue weighted by atomic mass is 10.0. The molecule has 0 radical (unpaired) electrons. The Morgan fingerprint density at radius 2 is 1.93 bits per heavy atom. The first-order chi connectivity index (χ1) is 6.80. The quantitative estimate of drug-likeness (QED) is 0.737. The van der Waals surface area contributed by atoms with Gasteiger partial charge in [0.1, 0.15) is 5.69 Å². The average Bonchev–Trinajstić information content (AvgIpc) is 2.05. The third-order valence-corrected chi connectivity index (χ3v) is 2.14. The molecule has 0 amide bonds. The van der Waals surface area contributed by atoms with E-state index in [-0.39, 0.29) is 0 Å². The molecule has 0 aliphatic carbocycles. The van der Waals surface area contributed by atoms with E-state index in [1.165, 1.54) is 6.20 Å². The molecule has 0 aliphatic rings. The second kappa shape index (κ2) is 4.21. The zero-order chi connectivity index (χ0) is 11.6. The Hall–Kier alpha value is -1.06. The predicted octanol–water partition coefficient (Wildman–Crippen LogP) is 3.61. The van der Waals surface area contributed by atoms with Crippen molar-refractivity contribution in [1.82, 2.24) is 4.98 Å². The molecular formula is C11H14F3N. The molecule has 1 heterocycles. The molecule has 0 saturated carbocycles. The summed E-state index contributed by atoms with van der Waals surface area (Å²) < 4.78 is 36.9. The van der Waals surface area contributed by atoms with Crippen molar-refractivity contribution in [3.05, 3.63) is 29.1 Å². The standard InChI is InChI=1S/C11H14F3N/c1-7(2)4-9-6-15-10(5-8(9)3)11(12,13)14/h5-7H,4H2,1-3H3. The number of alkyl halides is 3. The fraction of sp³-hybridized carbons (Fsp3) is 0.545. The van der Waals surface area contributed by atoms with Gasteiger partial charge in [0.2, 0.25) is 0 Å². The van der Waals surface area contributed by atoms with E-state index in [4.69, 9.17) is 0 Å². The van der Waals surface area contributed by atoms with Crippen molar-refractivity contribution < 1.29 is 13.2 Å². The Morgan fingerprint density at radius 1 is 1.33 bits per heavy atom. The summed E-state index contributed by atoms with van der Waals surface area (Å²) in [6, 6.07) is 1.11. The van der Waals surface area contributed by atoms with Crippen molar-refractivity contribution in [2.75, 3.05) is 0 Å². The molecule has 1 aromatic rings. The largest absolute Gasteiger partial charge is 0.433 e. The van der Waals surface area contributed by atoms with E-state index in [2.05, 4.69) is 4.98 Å². The molecule has 0 unspecified atom stereocenters.